The van der Waals surface area contributed by atoms with Gasteiger partial charge in [0.2, 0.25) is 5.91 Å². The molecule has 0 bridgehead atoms. The van der Waals surface area contributed by atoms with Crippen LogP contribution in [-0.4, -0.2) is 50.2 Å². The standard InChI is InChI=1S/C16H25N3O2/c1-12(11-21-2)18-16(20)10-19-8-7-13-5-3-4-6-14(13)15(19)9-17/h3-6,12,15H,7-11,17H2,1-2H3,(H,18,20). The number of fused-ring (bicyclic) bond motifs is 1. The molecule has 0 saturated carbocycles. The Kier molecular flexibility index (Phi) is 5.73. The number of carbonyl (C=O) groups excluding carboxylic acids is 1. The normalized spacial score (nSPS) is 19.9. The first-order chi connectivity index (χ1) is 10.2. The van der Waals surface area contributed by atoms with Crippen LogP contribution >= 0.6 is 0 Å². The lowest BCUT2D eigenvalue weighted by molar-refractivity contribution is -0.123. The van der Waals surface area contributed by atoms with Crippen LogP contribution in [0.4, 0.5) is 0 Å². The molecule has 1 aromatic rings. The third kappa shape index (κ3) is 4.03. The number of carbonyl (C=O) groups is 1. The van der Waals surface area contributed by atoms with Gasteiger partial charge in [-0.15, -0.1) is 0 Å². The molecular weight excluding hydrogens is 266 g/mol. The Balaban J connectivity index is 1.99. The van der Waals surface area contributed by atoms with Crippen LogP contribution < -0.4 is 11.1 Å². The van der Waals surface area contributed by atoms with Gasteiger partial charge in [0, 0.05) is 32.3 Å². The van der Waals surface area contributed by atoms with E-state index in [0.717, 1.165) is 13.0 Å². The summed E-state index contributed by atoms with van der Waals surface area (Å²) >= 11 is 0. The van der Waals surface area contributed by atoms with Crippen molar-refractivity contribution < 1.29 is 9.53 Å². The Morgan fingerprint density at radius 3 is 3.00 bits per heavy atom. The lowest BCUT2D eigenvalue weighted by Gasteiger charge is -2.36. The summed E-state index contributed by atoms with van der Waals surface area (Å²) in [6, 6.07) is 8.50. The summed E-state index contributed by atoms with van der Waals surface area (Å²) in [5.41, 5.74) is 8.54. The highest BCUT2D eigenvalue weighted by Crippen LogP contribution is 2.28. The van der Waals surface area contributed by atoms with Gasteiger partial charge in [-0.1, -0.05) is 24.3 Å². The average molecular weight is 291 g/mol. The number of rotatable bonds is 6. The van der Waals surface area contributed by atoms with Crippen molar-refractivity contribution >= 4 is 5.91 Å². The van der Waals surface area contributed by atoms with E-state index in [2.05, 4.69) is 28.4 Å². The lowest BCUT2D eigenvalue weighted by atomic mass is 9.92. The number of nitrogens with zero attached hydrogens (tertiary/aromatic N) is 1. The summed E-state index contributed by atoms with van der Waals surface area (Å²) in [7, 11) is 1.63. The van der Waals surface area contributed by atoms with Gasteiger partial charge < -0.3 is 15.8 Å². The van der Waals surface area contributed by atoms with Crippen LogP contribution in [0.25, 0.3) is 0 Å². The molecule has 2 rings (SSSR count). The van der Waals surface area contributed by atoms with Crippen LogP contribution in [0.2, 0.25) is 0 Å². The Labute approximate surface area is 126 Å². The Morgan fingerprint density at radius 1 is 1.52 bits per heavy atom. The molecule has 0 saturated heterocycles. The van der Waals surface area contributed by atoms with Crippen LogP contribution in [-0.2, 0) is 16.0 Å². The molecule has 1 aromatic carbocycles. The quantitative estimate of drug-likeness (QED) is 0.809. The number of hydrogen-bond acceptors (Lipinski definition) is 4. The van der Waals surface area contributed by atoms with Gasteiger partial charge in [0.1, 0.15) is 0 Å². The fraction of sp³-hybridized carbons (Fsp3) is 0.562. The maximum Gasteiger partial charge on any atom is 0.234 e. The molecule has 5 heteroatoms. The highest BCUT2D eigenvalue weighted by Gasteiger charge is 2.27. The Morgan fingerprint density at radius 2 is 2.29 bits per heavy atom. The van der Waals surface area contributed by atoms with Gasteiger partial charge in [-0.3, -0.25) is 9.69 Å². The SMILES string of the molecule is COCC(C)NC(=O)CN1CCc2ccccc2C1CN. The zero-order valence-electron chi connectivity index (χ0n) is 12.8. The fourth-order valence-electron chi connectivity index (χ4n) is 2.97. The van der Waals surface area contributed by atoms with Crippen molar-refractivity contribution in [2.75, 3.05) is 33.4 Å². The number of amides is 1. The molecule has 0 fully saturated rings. The summed E-state index contributed by atoms with van der Waals surface area (Å²) in [6.45, 7) is 4.23. The highest BCUT2D eigenvalue weighted by atomic mass is 16.5. The monoisotopic (exact) mass is 291 g/mol. The molecule has 2 unspecified atom stereocenters. The van der Waals surface area contributed by atoms with Gasteiger partial charge in [-0.2, -0.15) is 0 Å². The Bertz CT molecular complexity index is 478. The van der Waals surface area contributed by atoms with Gasteiger partial charge >= 0.3 is 0 Å². The van der Waals surface area contributed by atoms with E-state index in [1.54, 1.807) is 7.11 Å². The van der Waals surface area contributed by atoms with Crippen molar-refractivity contribution in [2.24, 2.45) is 5.73 Å². The minimum Gasteiger partial charge on any atom is -0.383 e. The molecule has 2 atom stereocenters. The van der Waals surface area contributed by atoms with Crippen molar-refractivity contribution in [2.45, 2.75) is 25.4 Å². The van der Waals surface area contributed by atoms with Crippen molar-refractivity contribution in [1.82, 2.24) is 10.2 Å². The molecule has 5 nitrogen and oxygen atoms in total. The molecule has 0 spiro atoms. The molecule has 21 heavy (non-hydrogen) atoms. The molecule has 1 heterocycles. The largest absolute Gasteiger partial charge is 0.383 e. The number of nitrogens with two attached hydrogens (primary N) is 1. The maximum atomic E-state index is 12.1. The van der Waals surface area contributed by atoms with E-state index < -0.39 is 0 Å². The van der Waals surface area contributed by atoms with E-state index in [-0.39, 0.29) is 18.0 Å². The number of benzene rings is 1. The average Bonchev–Trinajstić information content (AvgIpc) is 2.47. The second kappa shape index (κ2) is 7.54. The first-order valence-corrected chi connectivity index (χ1v) is 7.46. The Hall–Kier alpha value is -1.43. The molecule has 1 aliphatic rings. The summed E-state index contributed by atoms with van der Waals surface area (Å²) in [6.07, 6.45) is 0.966. The molecule has 3 N–H and O–H groups in total. The fourth-order valence-corrected chi connectivity index (χ4v) is 2.97. The third-order valence-electron chi connectivity index (χ3n) is 3.92. The summed E-state index contributed by atoms with van der Waals surface area (Å²) in [4.78, 5) is 14.3. The van der Waals surface area contributed by atoms with Crippen molar-refractivity contribution in [1.29, 1.82) is 0 Å². The van der Waals surface area contributed by atoms with Crippen LogP contribution in [0, 0.1) is 0 Å². The third-order valence-corrected chi connectivity index (χ3v) is 3.92. The minimum atomic E-state index is 0.0240. The van der Waals surface area contributed by atoms with Crippen LogP contribution in [0.1, 0.15) is 24.1 Å². The first-order valence-electron chi connectivity index (χ1n) is 7.46. The smallest absolute Gasteiger partial charge is 0.234 e. The van der Waals surface area contributed by atoms with E-state index in [0.29, 0.717) is 19.7 Å². The minimum absolute atomic E-state index is 0.0240. The van der Waals surface area contributed by atoms with Gasteiger partial charge in [-0.05, 0) is 24.5 Å². The molecule has 1 amide bonds. The van der Waals surface area contributed by atoms with E-state index in [4.69, 9.17) is 10.5 Å². The van der Waals surface area contributed by atoms with E-state index in [9.17, 15) is 4.79 Å². The second-order valence-corrected chi connectivity index (χ2v) is 5.59. The molecule has 116 valence electrons. The van der Waals surface area contributed by atoms with Crippen LogP contribution in [0.15, 0.2) is 24.3 Å². The van der Waals surface area contributed by atoms with Crippen LogP contribution in [0.5, 0.6) is 0 Å². The van der Waals surface area contributed by atoms with Gasteiger partial charge in [0.05, 0.1) is 13.2 Å². The van der Waals surface area contributed by atoms with Crippen molar-refractivity contribution in [3.63, 3.8) is 0 Å². The molecule has 1 aliphatic heterocycles. The second-order valence-electron chi connectivity index (χ2n) is 5.59. The van der Waals surface area contributed by atoms with Crippen molar-refractivity contribution in [3.05, 3.63) is 35.4 Å². The first kappa shape index (κ1) is 15.9. The summed E-state index contributed by atoms with van der Waals surface area (Å²) < 4.78 is 5.03. The van der Waals surface area contributed by atoms with E-state index in [1.165, 1.54) is 11.1 Å². The molecule has 0 aliphatic carbocycles. The predicted octanol–water partition coefficient (Wildman–Crippen LogP) is 0.696. The number of nitrogens with one attached hydrogen (secondary N) is 1. The summed E-state index contributed by atoms with van der Waals surface area (Å²) in [5, 5.41) is 2.95. The predicted molar refractivity (Wildman–Crippen MR) is 83.0 cm³/mol. The lowest BCUT2D eigenvalue weighted by Crippen LogP contribution is -2.47. The van der Waals surface area contributed by atoms with Crippen molar-refractivity contribution in [3.8, 4) is 0 Å². The van der Waals surface area contributed by atoms with Gasteiger partial charge in [0.15, 0.2) is 0 Å². The van der Waals surface area contributed by atoms with Crippen LogP contribution in [0.3, 0.4) is 0 Å². The summed E-state index contributed by atoms with van der Waals surface area (Å²) in [5.74, 6) is 0.0254. The number of hydrogen-bond donors (Lipinski definition) is 2. The maximum absolute atomic E-state index is 12.1. The topological polar surface area (TPSA) is 67.6 Å². The zero-order chi connectivity index (χ0) is 15.2. The van der Waals surface area contributed by atoms with Gasteiger partial charge in [0.25, 0.3) is 0 Å². The highest BCUT2D eigenvalue weighted by molar-refractivity contribution is 5.78. The number of methoxy groups -OCH3 is 1. The van der Waals surface area contributed by atoms with Gasteiger partial charge in [-0.25, -0.2) is 0 Å². The van der Waals surface area contributed by atoms with E-state index >= 15 is 0 Å². The molecular formula is C16H25N3O2. The molecule has 0 aromatic heterocycles. The number of ether oxygens (including phenoxy) is 1. The zero-order valence-corrected chi connectivity index (χ0v) is 12.8. The molecule has 0 radical (unpaired) electrons. The van der Waals surface area contributed by atoms with E-state index in [1.807, 2.05) is 13.0 Å².